The highest BCUT2D eigenvalue weighted by Crippen LogP contribution is 2.18. The molecule has 1 aliphatic heterocycles. The molecule has 1 saturated heterocycles. The number of likely N-dealkylation sites (tertiary alicyclic amines) is 1. The van der Waals surface area contributed by atoms with Gasteiger partial charge in [-0.3, -0.25) is 9.59 Å². The third-order valence-electron chi connectivity index (χ3n) is 5.00. The number of carbonyl (C=O) groups is 2. The summed E-state index contributed by atoms with van der Waals surface area (Å²) in [4.78, 5) is 28.4. The van der Waals surface area contributed by atoms with E-state index in [0.717, 1.165) is 38.6 Å². The van der Waals surface area contributed by atoms with Gasteiger partial charge in [-0.1, -0.05) is 19.1 Å². The Balaban J connectivity index is 1.70. The molecule has 0 radical (unpaired) electrons. The number of hydrogen-bond donors (Lipinski definition) is 1. The van der Waals surface area contributed by atoms with Gasteiger partial charge in [-0.05, 0) is 49.8 Å². The SMILES string of the molecule is CCCC(=O)N1CCCC(C(=O)NCCCc2ccc(N(C)C)cc2)C1. The Kier molecular flexibility index (Phi) is 7.95. The first kappa shape index (κ1) is 20.3. The molecule has 0 spiro atoms. The minimum atomic E-state index is -0.0519. The summed E-state index contributed by atoms with van der Waals surface area (Å²) in [7, 11) is 4.07. The molecule has 144 valence electrons. The van der Waals surface area contributed by atoms with Crippen molar-refractivity contribution in [3.8, 4) is 0 Å². The van der Waals surface area contributed by atoms with Crippen LogP contribution in [-0.2, 0) is 16.0 Å². The average Bonchev–Trinajstić information content (AvgIpc) is 2.65. The minimum absolute atomic E-state index is 0.0519. The zero-order valence-electron chi connectivity index (χ0n) is 16.5. The number of benzene rings is 1. The summed E-state index contributed by atoms with van der Waals surface area (Å²) in [5.74, 6) is 0.233. The summed E-state index contributed by atoms with van der Waals surface area (Å²) in [6, 6.07) is 8.54. The Morgan fingerprint density at radius 2 is 1.96 bits per heavy atom. The van der Waals surface area contributed by atoms with Crippen LogP contribution in [0.15, 0.2) is 24.3 Å². The molecule has 1 atom stereocenters. The lowest BCUT2D eigenvalue weighted by molar-refractivity contribution is -0.135. The number of anilines is 1. The Bertz CT molecular complexity index is 583. The van der Waals surface area contributed by atoms with Crippen LogP contribution in [0.5, 0.6) is 0 Å². The predicted octanol–water partition coefficient (Wildman–Crippen LogP) is 2.84. The summed E-state index contributed by atoms with van der Waals surface area (Å²) < 4.78 is 0. The molecule has 1 fully saturated rings. The van der Waals surface area contributed by atoms with Crippen molar-refractivity contribution in [1.82, 2.24) is 10.2 Å². The molecule has 0 saturated carbocycles. The van der Waals surface area contributed by atoms with Gasteiger partial charge in [0.2, 0.25) is 11.8 Å². The van der Waals surface area contributed by atoms with Crippen LogP contribution in [-0.4, -0.2) is 50.4 Å². The number of piperidine rings is 1. The smallest absolute Gasteiger partial charge is 0.224 e. The zero-order chi connectivity index (χ0) is 18.9. The number of aryl methyl sites for hydroxylation is 1. The molecular weight excluding hydrogens is 326 g/mol. The van der Waals surface area contributed by atoms with Gasteiger partial charge in [-0.25, -0.2) is 0 Å². The molecule has 0 aliphatic carbocycles. The molecule has 0 aromatic heterocycles. The maximum Gasteiger partial charge on any atom is 0.224 e. The van der Waals surface area contributed by atoms with Gasteiger partial charge in [-0.15, -0.1) is 0 Å². The topological polar surface area (TPSA) is 52.7 Å². The lowest BCUT2D eigenvalue weighted by atomic mass is 9.96. The number of nitrogens with one attached hydrogen (secondary N) is 1. The number of rotatable bonds is 8. The second kappa shape index (κ2) is 10.2. The number of hydrogen-bond acceptors (Lipinski definition) is 3. The standard InChI is InChI=1S/C21H33N3O2/c1-4-7-20(25)24-15-6-9-18(16-24)21(26)22-14-5-8-17-10-12-19(13-11-17)23(2)3/h10-13,18H,4-9,14-16H2,1-3H3,(H,22,26). The van der Waals surface area contributed by atoms with Gasteiger partial charge in [-0.2, -0.15) is 0 Å². The highest BCUT2D eigenvalue weighted by Gasteiger charge is 2.27. The molecule has 1 aromatic rings. The lowest BCUT2D eigenvalue weighted by Crippen LogP contribution is -2.45. The molecule has 1 aliphatic rings. The molecule has 1 unspecified atom stereocenters. The second-order valence-electron chi connectivity index (χ2n) is 7.38. The molecule has 26 heavy (non-hydrogen) atoms. The fraction of sp³-hybridized carbons (Fsp3) is 0.619. The highest BCUT2D eigenvalue weighted by molar-refractivity contribution is 5.81. The van der Waals surface area contributed by atoms with Crippen LogP contribution in [0.25, 0.3) is 0 Å². The molecule has 2 rings (SSSR count). The summed E-state index contributed by atoms with van der Waals surface area (Å²) >= 11 is 0. The van der Waals surface area contributed by atoms with Crippen LogP contribution < -0.4 is 10.2 Å². The summed E-state index contributed by atoms with van der Waals surface area (Å²) in [5.41, 5.74) is 2.49. The van der Waals surface area contributed by atoms with Crippen LogP contribution in [0.4, 0.5) is 5.69 Å². The first-order valence-electron chi connectivity index (χ1n) is 9.83. The molecule has 1 aromatic carbocycles. The van der Waals surface area contributed by atoms with Crippen molar-refractivity contribution in [2.24, 2.45) is 5.92 Å². The van der Waals surface area contributed by atoms with Gasteiger partial charge in [0.25, 0.3) is 0 Å². The quantitative estimate of drug-likeness (QED) is 0.726. The van der Waals surface area contributed by atoms with Crippen LogP contribution in [0.3, 0.4) is 0 Å². The van der Waals surface area contributed by atoms with Crippen molar-refractivity contribution in [3.05, 3.63) is 29.8 Å². The fourth-order valence-corrected chi connectivity index (χ4v) is 3.40. The van der Waals surface area contributed by atoms with Crippen molar-refractivity contribution in [3.63, 3.8) is 0 Å². The monoisotopic (exact) mass is 359 g/mol. The van der Waals surface area contributed by atoms with E-state index in [1.54, 1.807) is 0 Å². The van der Waals surface area contributed by atoms with Crippen LogP contribution in [0.2, 0.25) is 0 Å². The van der Waals surface area contributed by atoms with Crippen LogP contribution in [0, 0.1) is 5.92 Å². The normalized spacial score (nSPS) is 17.0. The van der Waals surface area contributed by atoms with E-state index in [1.807, 2.05) is 25.9 Å². The molecule has 0 bridgehead atoms. The average molecular weight is 360 g/mol. The Hall–Kier alpha value is -2.04. The van der Waals surface area contributed by atoms with Crippen LogP contribution in [0.1, 0.15) is 44.6 Å². The van der Waals surface area contributed by atoms with Crippen molar-refractivity contribution in [1.29, 1.82) is 0 Å². The summed E-state index contributed by atoms with van der Waals surface area (Å²) in [6.45, 7) is 4.08. The lowest BCUT2D eigenvalue weighted by Gasteiger charge is -2.32. The van der Waals surface area contributed by atoms with Crippen LogP contribution >= 0.6 is 0 Å². The van der Waals surface area contributed by atoms with Gasteiger partial charge in [0.05, 0.1) is 5.92 Å². The van der Waals surface area contributed by atoms with Gasteiger partial charge in [0.1, 0.15) is 0 Å². The van der Waals surface area contributed by atoms with Crippen molar-refractivity contribution < 1.29 is 9.59 Å². The van der Waals surface area contributed by atoms with Gasteiger partial charge in [0, 0.05) is 45.8 Å². The van der Waals surface area contributed by atoms with E-state index in [1.165, 1.54) is 11.3 Å². The highest BCUT2D eigenvalue weighted by atomic mass is 16.2. The third kappa shape index (κ3) is 6.04. The summed E-state index contributed by atoms with van der Waals surface area (Å²) in [6.07, 6.45) is 5.14. The zero-order valence-corrected chi connectivity index (χ0v) is 16.5. The fourth-order valence-electron chi connectivity index (χ4n) is 3.40. The van der Waals surface area contributed by atoms with E-state index in [4.69, 9.17) is 0 Å². The van der Waals surface area contributed by atoms with Gasteiger partial charge in [0.15, 0.2) is 0 Å². The number of nitrogens with zero attached hydrogens (tertiary/aromatic N) is 2. The molecule has 5 nitrogen and oxygen atoms in total. The molecule has 1 N–H and O–H groups in total. The third-order valence-corrected chi connectivity index (χ3v) is 5.00. The molecule has 2 amide bonds. The minimum Gasteiger partial charge on any atom is -0.378 e. The first-order chi connectivity index (χ1) is 12.5. The Morgan fingerprint density at radius 1 is 1.23 bits per heavy atom. The van der Waals surface area contributed by atoms with E-state index >= 15 is 0 Å². The largest absolute Gasteiger partial charge is 0.378 e. The van der Waals surface area contributed by atoms with Crippen molar-refractivity contribution in [2.45, 2.75) is 45.4 Å². The van der Waals surface area contributed by atoms with E-state index < -0.39 is 0 Å². The van der Waals surface area contributed by atoms with Gasteiger partial charge < -0.3 is 15.1 Å². The Labute approximate surface area is 157 Å². The second-order valence-corrected chi connectivity index (χ2v) is 7.38. The molecular formula is C21H33N3O2. The molecule has 1 heterocycles. The maximum atomic E-state index is 12.4. The van der Waals surface area contributed by atoms with Crippen molar-refractivity contribution >= 4 is 17.5 Å². The van der Waals surface area contributed by atoms with Crippen molar-refractivity contribution in [2.75, 3.05) is 38.6 Å². The first-order valence-corrected chi connectivity index (χ1v) is 9.83. The number of amides is 2. The maximum absolute atomic E-state index is 12.4. The van der Waals surface area contributed by atoms with E-state index in [2.05, 4.69) is 34.5 Å². The van der Waals surface area contributed by atoms with Gasteiger partial charge >= 0.3 is 0 Å². The number of carbonyl (C=O) groups excluding carboxylic acids is 2. The predicted molar refractivity (Wildman–Crippen MR) is 106 cm³/mol. The van der Waals surface area contributed by atoms with E-state index in [-0.39, 0.29) is 17.7 Å². The van der Waals surface area contributed by atoms with E-state index in [9.17, 15) is 9.59 Å². The van der Waals surface area contributed by atoms with E-state index in [0.29, 0.717) is 19.5 Å². The molecule has 5 heteroatoms. The summed E-state index contributed by atoms with van der Waals surface area (Å²) in [5, 5.41) is 3.06. The Morgan fingerprint density at radius 3 is 2.62 bits per heavy atom.